The topological polar surface area (TPSA) is 29.3 Å². The van der Waals surface area contributed by atoms with E-state index in [2.05, 4.69) is 44.7 Å². The molecule has 0 spiro atoms. The first-order chi connectivity index (χ1) is 7.97. The molecule has 2 heteroatoms. The van der Waals surface area contributed by atoms with Gasteiger partial charge in [-0.05, 0) is 49.3 Å². The highest BCUT2D eigenvalue weighted by atomic mass is 15.2. The number of piperidine rings is 1. The highest BCUT2D eigenvalue weighted by molar-refractivity contribution is 5.72. The molecule has 0 saturated carbocycles. The van der Waals surface area contributed by atoms with Crippen molar-refractivity contribution in [3.63, 3.8) is 0 Å². The Hall–Kier alpha value is -1.18. The summed E-state index contributed by atoms with van der Waals surface area (Å²) in [6.07, 6.45) is 1.33. The van der Waals surface area contributed by atoms with Crippen LogP contribution in [0.1, 0.15) is 31.4 Å². The predicted molar refractivity (Wildman–Crippen MR) is 75.5 cm³/mol. The van der Waals surface area contributed by atoms with Gasteiger partial charge in [0.15, 0.2) is 0 Å². The Labute approximate surface area is 105 Å². The molecule has 1 fully saturated rings. The number of hydrogen-bond acceptors (Lipinski definition) is 2. The van der Waals surface area contributed by atoms with E-state index in [-0.39, 0.29) is 0 Å². The molecule has 17 heavy (non-hydrogen) atoms. The lowest BCUT2D eigenvalue weighted by molar-refractivity contribution is 0.357. The van der Waals surface area contributed by atoms with Gasteiger partial charge in [0.05, 0.1) is 11.4 Å². The molecular weight excluding hydrogens is 208 g/mol. The standard InChI is InChI=1S/C15H24N2/c1-10-6-13(4)15(14(16)7-10)17-8-11(2)5-12(3)9-17/h6-7,11-12H,5,8-9,16H2,1-4H3. The highest BCUT2D eigenvalue weighted by Crippen LogP contribution is 2.33. The minimum Gasteiger partial charge on any atom is -0.397 e. The van der Waals surface area contributed by atoms with Gasteiger partial charge in [0.25, 0.3) is 0 Å². The Morgan fingerprint density at radius 1 is 1.12 bits per heavy atom. The first kappa shape index (κ1) is 12.3. The Bertz CT molecular complexity index is 378. The van der Waals surface area contributed by atoms with Crippen LogP contribution in [0, 0.1) is 25.7 Å². The molecule has 1 heterocycles. The largest absolute Gasteiger partial charge is 0.397 e. The number of anilines is 2. The minimum atomic E-state index is 0.763. The molecule has 1 saturated heterocycles. The second-order valence-electron chi connectivity index (χ2n) is 5.87. The van der Waals surface area contributed by atoms with Crippen LogP contribution in [-0.2, 0) is 0 Å². The molecule has 0 amide bonds. The molecule has 0 bridgehead atoms. The Kier molecular flexibility index (Phi) is 3.32. The summed E-state index contributed by atoms with van der Waals surface area (Å²) in [5.41, 5.74) is 11.0. The van der Waals surface area contributed by atoms with Crippen molar-refractivity contribution in [2.45, 2.75) is 34.1 Å². The molecule has 2 atom stereocenters. The van der Waals surface area contributed by atoms with E-state index in [1.54, 1.807) is 0 Å². The van der Waals surface area contributed by atoms with Gasteiger partial charge in [-0.3, -0.25) is 0 Å². The van der Waals surface area contributed by atoms with E-state index in [1.807, 2.05) is 0 Å². The third-order valence-corrected chi connectivity index (χ3v) is 3.66. The minimum absolute atomic E-state index is 0.763. The zero-order chi connectivity index (χ0) is 12.6. The van der Waals surface area contributed by atoms with Crippen LogP contribution in [0.25, 0.3) is 0 Å². The van der Waals surface area contributed by atoms with E-state index in [0.29, 0.717) is 0 Å². The van der Waals surface area contributed by atoms with Gasteiger partial charge in [0, 0.05) is 13.1 Å². The number of nitrogen functional groups attached to an aromatic ring is 1. The van der Waals surface area contributed by atoms with Crippen LogP contribution in [0.5, 0.6) is 0 Å². The Balaban J connectivity index is 2.33. The monoisotopic (exact) mass is 232 g/mol. The number of rotatable bonds is 1. The maximum Gasteiger partial charge on any atom is 0.0629 e. The van der Waals surface area contributed by atoms with Gasteiger partial charge in [-0.25, -0.2) is 0 Å². The number of hydrogen-bond donors (Lipinski definition) is 1. The first-order valence-electron chi connectivity index (χ1n) is 6.59. The van der Waals surface area contributed by atoms with Crippen LogP contribution < -0.4 is 10.6 Å². The summed E-state index contributed by atoms with van der Waals surface area (Å²) in [6, 6.07) is 4.32. The lowest BCUT2D eigenvalue weighted by Crippen LogP contribution is -2.39. The average Bonchev–Trinajstić information content (AvgIpc) is 2.13. The fourth-order valence-corrected chi connectivity index (χ4v) is 3.27. The van der Waals surface area contributed by atoms with Crippen LogP contribution in [-0.4, -0.2) is 13.1 Å². The summed E-state index contributed by atoms with van der Waals surface area (Å²) in [5, 5.41) is 0. The van der Waals surface area contributed by atoms with Crippen molar-refractivity contribution in [2.75, 3.05) is 23.7 Å². The molecule has 2 rings (SSSR count). The van der Waals surface area contributed by atoms with Crippen molar-refractivity contribution < 1.29 is 0 Å². The van der Waals surface area contributed by atoms with Crippen molar-refractivity contribution in [2.24, 2.45) is 11.8 Å². The summed E-state index contributed by atoms with van der Waals surface area (Å²) < 4.78 is 0. The summed E-state index contributed by atoms with van der Waals surface area (Å²) in [7, 11) is 0. The molecule has 1 aliphatic rings. The normalized spacial score (nSPS) is 25.1. The van der Waals surface area contributed by atoms with Crippen LogP contribution in [0.2, 0.25) is 0 Å². The molecule has 0 aliphatic carbocycles. The fourth-order valence-electron chi connectivity index (χ4n) is 3.27. The fraction of sp³-hybridized carbons (Fsp3) is 0.600. The zero-order valence-corrected chi connectivity index (χ0v) is 11.5. The van der Waals surface area contributed by atoms with Crippen molar-refractivity contribution in [1.82, 2.24) is 0 Å². The van der Waals surface area contributed by atoms with Crippen LogP contribution >= 0.6 is 0 Å². The lowest BCUT2D eigenvalue weighted by Gasteiger charge is -2.38. The molecular formula is C15H24N2. The second kappa shape index (κ2) is 4.59. The van der Waals surface area contributed by atoms with E-state index < -0.39 is 0 Å². The average molecular weight is 232 g/mol. The van der Waals surface area contributed by atoms with Gasteiger partial charge < -0.3 is 10.6 Å². The SMILES string of the molecule is Cc1cc(C)c(N2CC(C)CC(C)C2)c(N)c1. The van der Waals surface area contributed by atoms with Crippen molar-refractivity contribution >= 4 is 11.4 Å². The molecule has 2 N–H and O–H groups in total. The van der Waals surface area contributed by atoms with Gasteiger partial charge in [0.2, 0.25) is 0 Å². The summed E-state index contributed by atoms with van der Waals surface area (Å²) in [6.45, 7) is 11.2. The second-order valence-corrected chi connectivity index (χ2v) is 5.87. The maximum absolute atomic E-state index is 6.20. The van der Waals surface area contributed by atoms with E-state index in [0.717, 1.165) is 30.6 Å². The van der Waals surface area contributed by atoms with E-state index in [1.165, 1.54) is 23.2 Å². The van der Waals surface area contributed by atoms with E-state index >= 15 is 0 Å². The van der Waals surface area contributed by atoms with Gasteiger partial charge in [-0.1, -0.05) is 19.9 Å². The predicted octanol–water partition coefficient (Wildman–Crippen LogP) is 3.37. The smallest absolute Gasteiger partial charge is 0.0629 e. The summed E-state index contributed by atoms with van der Waals surface area (Å²) in [4.78, 5) is 2.48. The van der Waals surface area contributed by atoms with Crippen molar-refractivity contribution in [3.05, 3.63) is 23.3 Å². The van der Waals surface area contributed by atoms with E-state index in [9.17, 15) is 0 Å². The molecule has 0 radical (unpaired) electrons. The maximum atomic E-state index is 6.20. The summed E-state index contributed by atoms with van der Waals surface area (Å²) in [5.74, 6) is 1.53. The zero-order valence-electron chi connectivity index (χ0n) is 11.5. The summed E-state index contributed by atoms with van der Waals surface area (Å²) >= 11 is 0. The number of nitrogens with two attached hydrogens (primary N) is 1. The molecule has 2 nitrogen and oxygen atoms in total. The third kappa shape index (κ3) is 2.56. The van der Waals surface area contributed by atoms with Crippen LogP contribution in [0.3, 0.4) is 0 Å². The van der Waals surface area contributed by atoms with Crippen LogP contribution in [0.15, 0.2) is 12.1 Å². The van der Waals surface area contributed by atoms with Gasteiger partial charge >= 0.3 is 0 Å². The quantitative estimate of drug-likeness (QED) is 0.752. The number of aryl methyl sites for hydroxylation is 2. The van der Waals surface area contributed by atoms with Gasteiger partial charge in [0.1, 0.15) is 0 Å². The first-order valence-corrected chi connectivity index (χ1v) is 6.59. The van der Waals surface area contributed by atoms with E-state index in [4.69, 9.17) is 5.73 Å². The molecule has 1 aromatic rings. The van der Waals surface area contributed by atoms with Crippen molar-refractivity contribution in [3.8, 4) is 0 Å². The number of nitrogens with zero attached hydrogens (tertiary/aromatic N) is 1. The molecule has 0 aromatic heterocycles. The van der Waals surface area contributed by atoms with Gasteiger partial charge in [-0.2, -0.15) is 0 Å². The van der Waals surface area contributed by atoms with Gasteiger partial charge in [-0.15, -0.1) is 0 Å². The number of benzene rings is 1. The molecule has 2 unspecified atom stereocenters. The highest BCUT2D eigenvalue weighted by Gasteiger charge is 2.24. The molecule has 1 aliphatic heterocycles. The third-order valence-electron chi connectivity index (χ3n) is 3.66. The lowest BCUT2D eigenvalue weighted by atomic mass is 9.91. The molecule has 1 aromatic carbocycles. The Morgan fingerprint density at radius 2 is 1.71 bits per heavy atom. The van der Waals surface area contributed by atoms with Crippen molar-refractivity contribution in [1.29, 1.82) is 0 Å². The van der Waals surface area contributed by atoms with Crippen LogP contribution in [0.4, 0.5) is 11.4 Å². The Morgan fingerprint density at radius 3 is 2.24 bits per heavy atom. The molecule has 94 valence electrons.